The van der Waals surface area contributed by atoms with Gasteiger partial charge in [-0.15, -0.1) is 5.10 Å². The van der Waals surface area contributed by atoms with Gasteiger partial charge in [-0.25, -0.2) is 8.78 Å². The van der Waals surface area contributed by atoms with Gasteiger partial charge in [0.15, 0.2) is 0 Å². The topological polar surface area (TPSA) is 54.2 Å². The Bertz CT molecular complexity index is 785. The summed E-state index contributed by atoms with van der Waals surface area (Å²) in [6.07, 6.45) is 2.66. The maximum absolute atomic E-state index is 14.6. The minimum absolute atomic E-state index is 0.0295. The molecule has 1 aliphatic rings. The number of hydrogen-bond acceptors (Lipinski definition) is 5. The van der Waals surface area contributed by atoms with Crippen LogP contribution in [0.25, 0.3) is 17.0 Å². The zero-order valence-corrected chi connectivity index (χ0v) is 14.6. The van der Waals surface area contributed by atoms with Crippen molar-refractivity contribution >= 4 is 11.6 Å². The van der Waals surface area contributed by atoms with E-state index in [2.05, 4.69) is 34.3 Å². The average molecular weight is 348 g/mol. The Labute approximate surface area is 145 Å². The molecule has 0 saturated heterocycles. The SMILES string of the molecule is CCNc1nnc(-c2cc(F)c(C3=CCN(C(C)C)CC3)cc2F)o1. The maximum atomic E-state index is 14.6. The molecule has 25 heavy (non-hydrogen) atoms. The fourth-order valence-electron chi connectivity index (χ4n) is 2.91. The smallest absolute Gasteiger partial charge is 0.315 e. The van der Waals surface area contributed by atoms with Crippen molar-refractivity contribution in [2.75, 3.05) is 25.0 Å². The third kappa shape index (κ3) is 3.71. The minimum Gasteiger partial charge on any atom is -0.403 e. The molecule has 0 atom stereocenters. The molecule has 1 aliphatic heterocycles. The predicted octanol–water partition coefficient (Wildman–Crippen LogP) is 3.94. The molecule has 0 unspecified atom stereocenters. The van der Waals surface area contributed by atoms with Gasteiger partial charge in [0.2, 0.25) is 0 Å². The summed E-state index contributed by atoms with van der Waals surface area (Å²) in [5, 5.41) is 10.4. The predicted molar refractivity (Wildman–Crippen MR) is 93.1 cm³/mol. The van der Waals surface area contributed by atoms with Crippen molar-refractivity contribution in [3.63, 3.8) is 0 Å². The summed E-state index contributed by atoms with van der Waals surface area (Å²) < 4.78 is 34.4. The summed E-state index contributed by atoms with van der Waals surface area (Å²) in [6.45, 7) is 8.30. The van der Waals surface area contributed by atoms with Crippen LogP contribution in [0.2, 0.25) is 0 Å². The number of benzene rings is 1. The zero-order chi connectivity index (χ0) is 18.0. The maximum Gasteiger partial charge on any atom is 0.315 e. The molecule has 0 radical (unpaired) electrons. The van der Waals surface area contributed by atoms with Crippen LogP contribution >= 0.6 is 0 Å². The van der Waals surface area contributed by atoms with E-state index in [1.807, 2.05) is 13.0 Å². The van der Waals surface area contributed by atoms with Gasteiger partial charge in [-0.1, -0.05) is 11.2 Å². The van der Waals surface area contributed by atoms with Gasteiger partial charge in [0.1, 0.15) is 11.6 Å². The first-order valence-corrected chi connectivity index (χ1v) is 8.49. The van der Waals surface area contributed by atoms with E-state index in [1.54, 1.807) is 0 Å². The van der Waals surface area contributed by atoms with Gasteiger partial charge in [0.25, 0.3) is 5.89 Å². The van der Waals surface area contributed by atoms with Crippen molar-refractivity contribution in [2.24, 2.45) is 0 Å². The fraction of sp³-hybridized carbons (Fsp3) is 0.444. The Hall–Kier alpha value is -2.28. The average Bonchev–Trinajstić information content (AvgIpc) is 3.05. The van der Waals surface area contributed by atoms with E-state index < -0.39 is 11.6 Å². The molecule has 2 aromatic rings. The van der Waals surface area contributed by atoms with Crippen LogP contribution in [-0.2, 0) is 0 Å². The van der Waals surface area contributed by atoms with Gasteiger partial charge in [-0.2, -0.15) is 0 Å². The third-order valence-corrected chi connectivity index (χ3v) is 4.36. The molecule has 0 saturated carbocycles. The highest BCUT2D eigenvalue weighted by Crippen LogP contribution is 2.31. The van der Waals surface area contributed by atoms with E-state index in [4.69, 9.17) is 4.42 Å². The van der Waals surface area contributed by atoms with Crippen LogP contribution in [0.5, 0.6) is 0 Å². The second-order valence-electron chi connectivity index (χ2n) is 6.32. The van der Waals surface area contributed by atoms with E-state index in [1.165, 1.54) is 6.07 Å². The van der Waals surface area contributed by atoms with Gasteiger partial charge >= 0.3 is 6.01 Å². The molecule has 3 rings (SSSR count). The van der Waals surface area contributed by atoms with Crippen LogP contribution in [-0.4, -0.2) is 40.8 Å². The summed E-state index contributed by atoms with van der Waals surface area (Å²) in [5.74, 6) is -1.10. The van der Waals surface area contributed by atoms with Gasteiger partial charge in [0, 0.05) is 31.2 Å². The van der Waals surface area contributed by atoms with Crippen molar-refractivity contribution in [1.82, 2.24) is 15.1 Å². The molecular formula is C18H22F2N4O. The van der Waals surface area contributed by atoms with E-state index in [-0.39, 0.29) is 17.5 Å². The molecule has 1 aromatic carbocycles. The zero-order valence-electron chi connectivity index (χ0n) is 14.6. The molecule has 0 fully saturated rings. The summed E-state index contributed by atoms with van der Waals surface area (Å²) in [4.78, 5) is 2.28. The summed E-state index contributed by atoms with van der Waals surface area (Å²) in [7, 11) is 0. The number of anilines is 1. The Balaban J connectivity index is 1.88. The van der Waals surface area contributed by atoms with E-state index in [0.29, 0.717) is 24.6 Å². The van der Waals surface area contributed by atoms with Crippen molar-refractivity contribution in [3.8, 4) is 11.5 Å². The highest BCUT2D eigenvalue weighted by Gasteiger charge is 2.21. The van der Waals surface area contributed by atoms with Crippen LogP contribution in [0, 0.1) is 11.6 Å². The highest BCUT2D eigenvalue weighted by molar-refractivity contribution is 5.70. The molecule has 134 valence electrons. The second-order valence-corrected chi connectivity index (χ2v) is 6.32. The number of nitrogens with zero attached hydrogens (tertiary/aromatic N) is 3. The van der Waals surface area contributed by atoms with Crippen molar-refractivity contribution in [3.05, 3.63) is 35.4 Å². The largest absolute Gasteiger partial charge is 0.403 e. The van der Waals surface area contributed by atoms with Gasteiger partial charge in [0.05, 0.1) is 5.56 Å². The molecule has 0 spiro atoms. The number of nitrogens with one attached hydrogen (secondary N) is 1. The third-order valence-electron chi connectivity index (χ3n) is 4.36. The van der Waals surface area contributed by atoms with Crippen LogP contribution < -0.4 is 5.32 Å². The first-order chi connectivity index (χ1) is 12.0. The van der Waals surface area contributed by atoms with Crippen molar-refractivity contribution in [1.29, 1.82) is 0 Å². The lowest BCUT2D eigenvalue weighted by atomic mass is 9.97. The number of aromatic nitrogens is 2. The molecule has 1 N–H and O–H groups in total. The molecule has 5 nitrogen and oxygen atoms in total. The summed E-state index contributed by atoms with van der Waals surface area (Å²) >= 11 is 0. The fourth-order valence-corrected chi connectivity index (χ4v) is 2.91. The lowest BCUT2D eigenvalue weighted by Gasteiger charge is -2.29. The molecule has 0 bridgehead atoms. The minimum atomic E-state index is -0.574. The highest BCUT2D eigenvalue weighted by atomic mass is 19.1. The molecule has 2 heterocycles. The molecule has 0 aliphatic carbocycles. The van der Waals surface area contributed by atoms with Crippen molar-refractivity contribution < 1.29 is 13.2 Å². The Morgan fingerprint density at radius 2 is 1.92 bits per heavy atom. The second kappa shape index (κ2) is 7.31. The van der Waals surface area contributed by atoms with E-state index in [9.17, 15) is 8.78 Å². The van der Waals surface area contributed by atoms with Crippen LogP contribution in [0.3, 0.4) is 0 Å². The lowest BCUT2D eigenvalue weighted by molar-refractivity contribution is 0.245. The number of hydrogen-bond donors (Lipinski definition) is 1. The van der Waals surface area contributed by atoms with Gasteiger partial charge < -0.3 is 9.73 Å². The van der Waals surface area contributed by atoms with E-state index >= 15 is 0 Å². The van der Waals surface area contributed by atoms with Crippen LogP contribution in [0.15, 0.2) is 22.6 Å². The molecule has 0 amide bonds. The number of rotatable bonds is 5. The monoisotopic (exact) mass is 348 g/mol. The lowest BCUT2D eigenvalue weighted by Crippen LogP contribution is -2.34. The quantitative estimate of drug-likeness (QED) is 0.887. The first kappa shape index (κ1) is 17.5. The van der Waals surface area contributed by atoms with Crippen LogP contribution in [0.4, 0.5) is 14.8 Å². The summed E-state index contributed by atoms with van der Waals surface area (Å²) in [6, 6.07) is 2.97. The normalized spacial score (nSPS) is 15.5. The molecule has 1 aromatic heterocycles. The number of halogens is 2. The Morgan fingerprint density at radius 1 is 1.20 bits per heavy atom. The Morgan fingerprint density at radius 3 is 2.56 bits per heavy atom. The van der Waals surface area contributed by atoms with Gasteiger partial charge in [-0.05, 0) is 44.9 Å². The Kier molecular flexibility index (Phi) is 5.13. The van der Waals surface area contributed by atoms with E-state index in [0.717, 1.165) is 24.7 Å². The van der Waals surface area contributed by atoms with Crippen molar-refractivity contribution in [2.45, 2.75) is 33.2 Å². The first-order valence-electron chi connectivity index (χ1n) is 8.49. The standard InChI is InChI=1S/C18H22F2N4O/c1-4-21-18-23-22-17(25-18)14-10-15(19)13(9-16(14)20)12-5-7-24(8-6-12)11(2)3/h5,9-11H,4,6-8H2,1-3H3,(H,21,23). The molecule has 7 heteroatoms. The van der Waals surface area contributed by atoms with Gasteiger partial charge in [-0.3, -0.25) is 4.90 Å². The van der Waals surface area contributed by atoms with Crippen LogP contribution in [0.1, 0.15) is 32.8 Å². The summed E-state index contributed by atoms with van der Waals surface area (Å²) in [5.41, 5.74) is 1.10. The molecular weight excluding hydrogens is 326 g/mol.